The van der Waals surface area contributed by atoms with Gasteiger partial charge in [-0.15, -0.1) is 0 Å². The van der Waals surface area contributed by atoms with Crippen molar-refractivity contribution >= 4 is 0 Å². The van der Waals surface area contributed by atoms with Crippen LogP contribution in [0, 0.1) is 0 Å². The van der Waals surface area contributed by atoms with Crippen LogP contribution in [0.1, 0.15) is 18.9 Å². The number of hydrogen-bond acceptors (Lipinski definition) is 5. The van der Waals surface area contributed by atoms with Crippen molar-refractivity contribution in [1.29, 1.82) is 0 Å². The Bertz CT molecular complexity index is 432. The lowest BCUT2D eigenvalue weighted by Crippen LogP contribution is -1.94. The predicted octanol–water partition coefficient (Wildman–Crippen LogP) is 0.523. The molecule has 1 unspecified atom stereocenters. The van der Waals surface area contributed by atoms with E-state index in [0.29, 0.717) is 5.89 Å². The van der Waals surface area contributed by atoms with Crippen LogP contribution < -0.4 is 0 Å². The molecule has 0 aromatic carbocycles. The summed E-state index contributed by atoms with van der Waals surface area (Å²) in [5, 5.41) is 12.8. The van der Waals surface area contributed by atoms with Gasteiger partial charge in [0.25, 0.3) is 5.89 Å². The Kier molecular flexibility index (Phi) is 2.05. The molecule has 0 saturated heterocycles. The highest BCUT2D eigenvalue weighted by Crippen LogP contribution is 2.17. The van der Waals surface area contributed by atoms with E-state index in [2.05, 4.69) is 15.1 Å². The van der Waals surface area contributed by atoms with Crippen molar-refractivity contribution < 1.29 is 9.63 Å². The van der Waals surface area contributed by atoms with Gasteiger partial charge in [0.05, 0.1) is 12.5 Å². The van der Waals surface area contributed by atoms with E-state index in [1.54, 1.807) is 24.0 Å². The molecule has 0 spiro atoms. The van der Waals surface area contributed by atoms with Gasteiger partial charge >= 0.3 is 0 Å². The molecular formula is C8H10N4O2. The molecule has 0 amide bonds. The molecule has 14 heavy (non-hydrogen) atoms. The molecule has 0 aliphatic heterocycles. The second-order valence-corrected chi connectivity index (χ2v) is 3.02. The third-order valence-corrected chi connectivity index (χ3v) is 1.85. The molecule has 0 aliphatic rings. The summed E-state index contributed by atoms with van der Waals surface area (Å²) < 4.78 is 6.73. The summed E-state index contributed by atoms with van der Waals surface area (Å²) >= 11 is 0. The average Bonchev–Trinajstić information content (AvgIpc) is 2.71. The maximum Gasteiger partial charge on any atom is 0.276 e. The molecule has 0 radical (unpaired) electrons. The second kappa shape index (κ2) is 3.22. The van der Waals surface area contributed by atoms with Crippen LogP contribution in [0.15, 0.2) is 17.0 Å². The van der Waals surface area contributed by atoms with Gasteiger partial charge in [-0.3, -0.25) is 0 Å². The zero-order valence-electron chi connectivity index (χ0n) is 7.88. The first-order chi connectivity index (χ1) is 6.68. The highest BCUT2D eigenvalue weighted by molar-refractivity contribution is 5.45. The van der Waals surface area contributed by atoms with Crippen LogP contribution in [-0.2, 0) is 7.05 Å². The van der Waals surface area contributed by atoms with Crippen LogP contribution in [0.4, 0.5) is 0 Å². The number of nitrogens with zero attached hydrogens (tertiary/aromatic N) is 4. The summed E-state index contributed by atoms with van der Waals surface area (Å²) in [7, 11) is 1.83. The van der Waals surface area contributed by atoms with Gasteiger partial charge in [-0.1, -0.05) is 5.16 Å². The molecule has 0 saturated carbocycles. The number of aliphatic hydroxyl groups is 1. The minimum absolute atomic E-state index is 0.279. The number of imidazole rings is 1. The van der Waals surface area contributed by atoms with Crippen molar-refractivity contribution in [2.75, 3.05) is 0 Å². The Balaban J connectivity index is 2.39. The first-order valence-corrected chi connectivity index (χ1v) is 4.17. The molecule has 0 aliphatic carbocycles. The van der Waals surface area contributed by atoms with Crippen molar-refractivity contribution in [2.45, 2.75) is 13.0 Å². The molecule has 1 N–H and O–H groups in total. The largest absolute Gasteiger partial charge is 0.385 e. The maximum absolute atomic E-state index is 9.20. The van der Waals surface area contributed by atoms with Gasteiger partial charge in [0, 0.05) is 7.05 Å². The standard InChI is InChI=1S/C8H10N4O2/c1-5(13)7-10-8(14-11-7)6-3-9-4-12(6)2/h3-5,13H,1-2H3. The van der Waals surface area contributed by atoms with Crippen molar-refractivity contribution in [1.82, 2.24) is 19.7 Å². The van der Waals surface area contributed by atoms with Gasteiger partial charge < -0.3 is 14.2 Å². The number of rotatable bonds is 2. The fraction of sp³-hybridized carbons (Fsp3) is 0.375. The quantitative estimate of drug-likeness (QED) is 0.754. The van der Waals surface area contributed by atoms with E-state index in [9.17, 15) is 5.11 Å². The lowest BCUT2D eigenvalue weighted by atomic mass is 10.4. The smallest absolute Gasteiger partial charge is 0.276 e. The molecule has 74 valence electrons. The van der Waals surface area contributed by atoms with Crippen LogP contribution in [0.25, 0.3) is 11.6 Å². The summed E-state index contributed by atoms with van der Waals surface area (Å²) in [6, 6.07) is 0. The third-order valence-electron chi connectivity index (χ3n) is 1.85. The molecule has 2 rings (SSSR count). The first-order valence-electron chi connectivity index (χ1n) is 4.17. The lowest BCUT2D eigenvalue weighted by Gasteiger charge is -1.94. The summed E-state index contributed by atoms with van der Waals surface area (Å²) in [6.07, 6.45) is 2.54. The van der Waals surface area contributed by atoms with E-state index in [1.165, 1.54) is 0 Å². The summed E-state index contributed by atoms with van der Waals surface area (Å²) in [5.41, 5.74) is 0.726. The van der Waals surface area contributed by atoms with Crippen LogP contribution in [0.5, 0.6) is 0 Å². The molecule has 6 heteroatoms. The lowest BCUT2D eigenvalue weighted by molar-refractivity contribution is 0.184. The maximum atomic E-state index is 9.20. The summed E-state index contributed by atoms with van der Waals surface area (Å²) in [4.78, 5) is 7.95. The van der Waals surface area contributed by atoms with Crippen LogP contribution >= 0.6 is 0 Å². The van der Waals surface area contributed by atoms with E-state index in [0.717, 1.165) is 5.69 Å². The topological polar surface area (TPSA) is 77.0 Å². The number of aryl methyl sites for hydroxylation is 1. The highest BCUT2D eigenvalue weighted by Gasteiger charge is 2.14. The van der Waals surface area contributed by atoms with Crippen molar-refractivity contribution in [3.63, 3.8) is 0 Å². The molecule has 6 nitrogen and oxygen atoms in total. The molecule has 0 bridgehead atoms. The monoisotopic (exact) mass is 194 g/mol. The normalized spacial score (nSPS) is 13.1. The number of hydrogen-bond donors (Lipinski definition) is 1. The molecule has 1 atom stereocenters. The molecule has 0 fully saturated rings. The summed E-state index contributed by atoms with van der Waals surface area (Å²) in [6.45, 7) is 1.58. The van der Waals surface area contributed by atoms with Crippen LogP contribution in [0.2, 0.25) is 0 Å². The Morgan fingerprint density at radius 1 is 1.57 bits per heavy atom. The van der Waals surface area contributed by atoms with Crippen LogP contribution in [0.3, 0.4) is 0 Å². The van der Waals surface area contributed by atoms with E-state index in [1.807, 2.05) is 7.05 Å². The van der Waals surface area contributed by atoms with E-state index >= 15 is 0 Å². The Morgan fingerprint density at radius 3 is 2.86 bits per heavy atom. The average molecular weight is 194 g/mol. The van der Waals surface area contributed by atoms with Crippen LogP contribution in [-0.4, -0.2) is 24.8 Å². The number of aliphatic hydroxyl groups excluding tert-OH is 1. The van der Waals surface area contributed by atoms with Gasteiger partial charge in [0.1, 0.15) is 11.8 Å². The molecule has 2 aromatic rings. The molecule has 2 heterocycles. The minimum atomic E-state index is -0.722. The first kappa shape index (κ1) is 8.89. The van der Waals surface area contributed by atoms with Gasteiger partial charge in [-0.25, -0.2) is 4.98 Å². The van der Waals surface area contributed by atoms with Crippen molar-refractivity contribution in [3.8, 4) is 11.6 Å². The molecular weight excluding hydrogens is 184 g/mol. The van der Waals surface area contributed by atoms with Gasteiger partial charge in [-0.05, 0) is 6.92 Å². The molecule has 2 aromatic heterocycles. The number of aromatic nitrogens is 4. The Hall–Kier alpha value is -1.69. The zero-order chi connectivity index (χ0) is 10.1. The fourth-order valence-corrected chi connectivity index (χ4v) is 1.07. The third kappa shape index (κ3) is 1.39. The fourth-order valence-electron chi connectivity index (χ4n) is 1.07. The van der Waals surface area contributed by atoms with Gasteiger partial charge in [0.15, 0.2) is 5.82 Å². The SMILES string of the molecule is CC(O)c1noc(-c2cncn2C)n1. The van der Waals surface area contributed by atoms with Gasteiger partial charge in [-0.2, -0.15) is 4.98 Å². The Labute approximate surface area is 80.2 Å². The van der Waals surface area contributed by atoms with Crippen molar-refractivity contribution in [3.05, 3.63) is 18.3 Å². The van der Waals surface area contributed by atoms with Gasteiger partial charge in [0.2, 0.25) is 0 Å². The summed E-state index contributed by atoms with van der Waals surface area (Å²) in [5.74, 6) is 0.641. The zero-order valence-corrected chi connectivity index (χ0v) is 7.88. The second-order valence-electron chi connectivity index (χ2n) is 3.02. The highest BCUT2D eigenvalue weighted by atomic mass is 16.5. The minimum Gasteiger partial charge on any atom is -0.385 e. The van der Waals surface area contributed by atoms with E-state index < -0.39 is 6.10 Å². The van der Waals surface area contributed by atoms with E-state index in [-0.39, 0.29) is 5.82 Å². The van der Waals surface area contributed by atoms with Crippen molar-refractivity contribution in [2.24, 2.45) is 7.05 Å². The Morgan fingerprint density at radius 2 is 2.36 bits per heavy atom. The predicted molar refractivity (Wildman–Crippen MR) is 47.1 cm³/mol. The van der Waals surface area contributed by atoms with E-state index in [4.69, 9.17) is 4.52 Å².